The fourth-order valence-corrected chi connectivity index (χ4v) is 4.14. The summed E-state index contributed by atoms with van der Waals surface area (Å²) in [6, 6.07) is 6.12. The quantitative estimate of drug-likeness (QED) is 0.775. The molecule has 23 heavy (non-hydrogen) atoms. The molecule has 1 amide bonds. The molecule has 0 spiro atoms. The molecule has 0 aliphatic carbocycles. The second-order valence-corrected chi connectivity index (χ2v) is 8.04. The first kappa shape index (κ1) is 18.6. The summed E-state index contributed by atoms with van der Waals surface area (Å²) in [6.07, 6.45) is 2.44. The number of rotatable bonds is 5. The number of halogens is 2. The van der Waals surface area contributed by atoms with Crippen LogP contribution in [-0.4, -0.2) is 36.6 Å². The molecule has 128 valence electrons. The number of nitrogens with one attached hydrogen (secondary N) is 1. The van der Waals surface area contributed by atoms with Gasteiger partial charge in [0.05, 0.1) is 36.2 Å². The van der Waals surface area contributed by atoms with Gasteiger partial charge in [0.15, 0.2) is 0 Å². The highest BCUT2D eigenvalue weighted by Crippen LogP contribution is 2.38. The first-order valence-corrected chi connectivity index (χ1v) is 9.06. The summed E-state index contributed by atoms with van der Waals surface area (Å²) in [4.78, 5) is 11.8. The van der Waals surface area contributed by atoms with E-state index in [-0.39, 0.29) is 18.0 Å². The summed E-state index contributed by atoms with van der Waals surface area (Å²) in [6.45, 7) is 8.15. The zero-order chi connectivity index (χ0) is 17.2. The van der Waals surface area contributed by atoms with Crippen LogP contribution < -0.4 is 5.32 Å². The molecule has 2 atom stereocenters. The van der Waals surface area contributed by atoms with Crippen LogP contribution in [0.2, 0.25) is 10.0 Å². The largest absolute Gasteiger partial charge is 0.347 e. The van der Waals surface area contributed by atoms with Crippen molar-refractivity contribution in [3.8, 4) is 0 Å². The highest BCUT2D eigenvalue weighted by molar-refractivity contribution is 6.42. The van der Waals surface area contributed by atoms with Crippen molar-refractivity contribution in [1.82, 2.24) is 5.32 Å². The van der Waals surface area contributed by atoms with Gasteiger partial charge in [-0.3, -0.25) is 4.79 Å². The Labute approximate surface area is 149 Å². The van der Waals surface area contributed by atoms with Gasteiger partial charge in [-0.2, -0.15) is 0 Å². The van der Waals surface area contributed by atoms with Gasteiger partial charge in [-0.15, -0.1) is 0 Å². The molecule has 1 aliphatic heterocycles. The second-order valence-electron chi connectivity index (χ2n) is 7.22. The maximum Gasteiger partial charge on any atom is 0.217 e. The molecule has 1 aromatic rings. The molecule has 0 aromatic heterocycles. The Bertz CT molecular complexity index is 568. The van der Waals surface area contributed by atoms with Crippen LogP contribution in [-0.2, 0) is 4.79 Å². The molecule has 2 rings (SSSR count). The van der Waals surface area contributed by atoms with E-state index >= 15 is 0 Å². The molecule has 1 N–H and O–H groups in total. The minimum absolute atomic E-state index is 0.0135. The number of quaternary nitrogens is 1. The highest BCUT2D eigenvalue weighted by atomic mass is 35.5. The van der Waals surface area contributed by atoms with Crippen LogP contribution in [0.1, 0.15) is 45.2 Å². The van der Waals surface area contributed by atoms with Crippen molar-refractivity contribution in [3.05, 3.63) is 33.8 Å². The van der Waals surface area contributed by atoms with Gasteiger partial charge in [-0.1, -0.05) is 43.1 Å². The van der Waals surface area contributed by atoms with Gasteiger partial charge in [0.1, 0.15) is 6.04 Å². The minimum atomic E-state index is 0.0135. The summed E-state index contributed by atoms with van der Waals surface area (Å²) in [5, 5.41) is 4.33. The molecule has 0 bridgehead atoms. The summed E-state index contributed by atoms with van der Waals surface area (Å²) >= 11 is 12.4. The summed E-state index contributed by atoms with van der Waals surface area (Å²) in [5.74, 6) is 0.341. The Kier molecular flexibility index (Phi) is 5.99. The van der Waals surface area contributed by atoms with Crippen LogP contribution in [0.3, 0.4) is 0 Å². The third-order valence-corrected chi connectivity index (χ3v) is 5.71. The van der Waals surface area contributed by atoms with Crippen LogP contribution in [0.15, 0.2) is 18.2 Å². The zero-order valence-electron chi connectivity index (χ0n) is 14.4. The minimum Gasteiger partial charge on any atom is -0.347 e. The van der Waals surface area contributed by atoms with E-state index in [2.05, 4.69) is 32.3 Å². The number of hydrogen-bond donors (Lipinski definition) is 1. The van der Waals surface area contributed by atoms with Gasteiger partial charge in [0.25, 0.3) is 0 Å². The Hall–Kier alpha value is -0.770. The Morgan fingerprint density at radius 1 is 1.17 bits per heavy atom. The number of likely N-dealkylation sites (tertiary alicyclic amines) is 1. The summed E-state index contributed by atoms with van der Waals surface area (Å²) in [5.41, 5.74) is 1.15. The molecule has 1 unspecified atom stereocenters. The number of carbonyl (C=O) groups excluding carboxylic acids is 1. The van der Waals surface area contributed by atoms with Crippen molar-refractivity contribution in [2.24, 2.45) is 5.92 Å². The van der Waals surface area contributed by atoms with Gasteiger partial charge in [0, 0.05) is 25.3 Å². The first-order chi connectivity index (χ1) is 10.7. The number of hydrogen-bond acceptors (Lipinski definition) is 1. The van der Waals surface area contributed by atoms with E-state index in [9.17, 15) is 4.79 Å². The fourth-order valence-electron chi connectivity index (χ4n) is 3.83. The van der Waals surface area contributed by atoms with Gasteiger partial charge in [0.2, 0.25) is 5.91 Å². The molecular formula is C18H27Cl2N2O+. The number of carbonyl (C=O) groups is 1. The lowest BCUT2D eigenvalue weighted by atomic mass is 9.88. The SMILES string of the molecule is CC(=O)N[C@@H](C(C)C)C(c1ccc(Cl)c(Cl)c1)[N+]1(C)CCCC1. The molecule has 0 radical (unpaired) electrons. The van der Waals surface area contributed by atoms with Crippen molar-refractivity contribution in [3.63, 3.8) is 0 Å². The number of amides is 1. The van der Waals surface area contributed by atoms with Crippen molar-refractivity contribution >= 4 is 29.1 Å². The van der Waals surface area contributed by atoms with Crippen molar-refractivity contribution in [2.45, 2.75) is 45.7 Å². The number of nitrogens with zero attached hydrogens (tertiary/aromatic N) is 1. The second kappa shape index (κ2) is 7.42. The monoisotopic (exact) mass is 357 g/mol. The lowest BCUT2D eigenvalue weighted by molar-refractivity contribution is -0.930. The lowest BCUT2D eigenvalue weighted by Crippen LogP contribution is -2.55. The highest BCUT2D eigenvalue weighted by Gasteiger charge is 2.43. The van der Waals surface area contributed by atoms with Gasteiger partial charge < -0.3 is 9.80 Å². The van der Waals surface area contributed by atoms with Crippen LogP contribution >= 0.6 is 23.2 Å². The summed E-state index contributed by atoms with van der Waals surface area (Å²) in [7, 11) is 2.29. The van der Waals surface area contributed by atoms with Crippen molar-refractivity contribution in [2.75, 3.05) is 20.1 Å². The average molecular weight is 358 g/mol. The third-order valence-electron chi connectivity index (χ3n) is 4.97. The maximum absolute atomic E-state index is 11.8. The predicted octanol–water partition coefficient (Wildman–Crippen LogP) is 4.44. The molecule has 1 aliphatic rings. The average Bonchev–Trinajstić information content (AvgIpc) is 2.89. The molecule has 1 saturated heterocycles. The zero-order valence-corrected chi connectivity index (χ0v) is 15.9. The maximum atomic E-state index is 11.8. The van der Waals surface area contributed by atoms with E-state index in [0.717, 1.165) is 23.1 Å². The van der Waals surface area contributed by atoms with E-state index in [1.165, 1.54) is 12.8 Å². The Balaban J connectivity index is 2.49. The van der Waals surface area contributed by atoms with E-state index in [0.29, 0.717) is 16.0 Å². The molecule has 3 nitrogen and oxygen atoms in total. The first-order valence-electron chi connectivity index (χ1n) is 8.31. The predicted molar refractivity (Wildman–Crippen MR) is 96.8 cm³/mol. The van der Waals surface area contributed by atoms with E-state index in [1.807, 2.05) is 12.1 Å². The lowest BCUT2D eigenvalue weighted by Gasteiger charge is -2.44. The van der Waals surface area contributed by atoms with Gasteiger partial charge >= 0.3 is 0 Å². The normalized spacial score (nSPS) is 19.6. The van der Waals surface area contributed by atoms with E-state index in [1.54, 1.807) is 6.92 Å². The topological polar surface area (TPSA) is 29.1 Å². The Morgan fingerprint density at radius 2 is 1.78 bits per heavy atom. The van der Waals surface area contributed by atoms with Crippen molar-refractivity contribution in [1.29, 1.82) is 0 Å². The number of likely N-dealkylation sites (N-methyl/N-ethyl adjacent to an activating group) is 1. The van der Waals surface area contributed by atoms with Gasteiger partial charge in [-0.25, -0.2) is 0 Å². The molecular weight excluding hydrogens is 331 g/mol. The molecule has 1 aromatic carbocycles. The van der Waals surface area contributed by atoms with E-state index < -0.39 is 0 Å². The number of benzene rings is 1. The molecule has 5 heteroatoms. The van der Waals surface area contributed by atoms with Crippen LogP contribution in [0.4, 0.5) is 0 Å². The fraction of sp³-hybridized carbons (Fsp3) is 0.611. The smallest absolute Gasteiger partial charge is 0.217 e. The van der Waals surface area contributed by atoms with Crippen LogP contribution in [0.5, 0.6) is 0 Å². The standard InChI is InChI=1S/C18H26Cl2N2O/c1-12(2)17(21-13(3)23)18(22(4)9-5-6-10-22)14-7-8-15(19)16(20)11-14/h7-8,11-12,17-18H,5-6,9-10H2,1-4H3/p+1/t17-,18?/m0/s1. The van der Waals surface area contributed by atoms with Gasteiger partial charge in [-0.05, 0) is 18.1 Å². The Morgan fingerprint density at radius 3 is 2.26 bits per heavy atom. The van der Waals surface area contributed by atoms with Crippen LogP contribution in [0.25, 0.3) is 0 Å². The summed E-state index contributed by atoms with van der Waals surface area (Å²) < 4.78 is 0.932. The molecule has 0 saturated carbocycles. The van der Waals surface area contributed by atoms with Crippen LogP contribution in [0, 0.1) is 5.92 Å². The van der Waals surface area contributed by atoms with E-state index in [4.69, 9.17) is 23.2 Å². The molecule has 1 heterocycles. The molecule has 1 fully saturated rings. The van der Waals surface area contributed by atoms with Crippen molar-refractivity contribution < 1.29 is 9.28 Å². The third kappa shape index (κ3) is 4.20.